The van der Waals surface area contributed by atoms with Crippen LogP contribution in [0.2, 0.25) is 0 Å². The van der Waals surface area contributed by atoms with Crippen LogP contribution in [0.3, 0.4) is 0 Å². The number of aryl methyl sites for hydroxylation is 1. The van der Waals surface area contributed by atoms with E-state index in [0.29, 0.717) is 12.6 Å². The highest BCUT2D eigenvalue weighted by Gasteiger charge is 2.25. The molecule has 1 N–H and O–H groups in total. The normalized spacial score (nSPS) is 20.7. The molecule has 0 spiro atoms. The van der Waals surface area contributed by atoms with E-state index in [9.17, 15) is 4.79 Å². The van der Waals surface area contributed by atoms with Crippen LogP contribution in [0, 0.1) is 6.92 Å². The lowest BCUT2D eigenvalue weighted by Crippen LogP contribution is -2.54. The first-order valence-electron chi connectivity index (χ1n) is 10.4. The van der Waals surface area contributed by atoms with Crippen molar-refractivity contribution in [1.29, 1.82) is 0 Å². The second-order valence-corrected chi connectivity index (χ2v) is 7.66. The van der Waals surface area contributed by atoms with E-state index in [0.717, 1.165) is 56.9 Å². The molecule has 2 saturated heterocycles. The molecule has 0 bridgehead atoms. The highest BCUT2D eigenvalue weighted by atomic mass is 127. The van der Waals surface area contributed by atoms with Crippen LogP contribution in [-0.4, -0.2) is 93.2 Å². The summed E-state index contributed by atoms with van der Waals surface area (Å²) in [5.41, 5.74) is 0. The fourth-order valence-corrected chi connectivity index (χ4v) is 3.99. The Morgan fingerprint density at radius 2 is 1.86 bits per heavy atom. The molecule has 3 rings (SSSR count). The monoisotopic (exact) mass is 518 g/mol. The number of nitrogens with one attached hydrogen (secondary N) is 1. The van der Waals surface area contributed by atoms with Crippen molar-refractivity contribution in [3.63, 3.8) is 0 Å². The minimum atomic E-state index is 0. The summed E-state index contributed by atoms with van der Waals surface area (Å²) in [7, 11) is 1.97. The fourth-order valence-electron chi connectivity index (χ4n) is 3.99. The van der Waals surface area contributed by atoms with Gasteiger partial charge in [-0.05, 0) is 32.9 Å². The number of rotatable bonds is 5. The summed E-state index contributed by atoms with van der Waals surface area (Å²) < 4.78 is 1.98. The molecule has 1 aromatic heterocycles. The molecule has 1 aromatic rings. The predicted molar refractivity (Wildman–Crippen MR) is 124 cm³/mol. The Morgan fingerprint density at radius 3 is 2.45 bits per heavy atom. The number of piperazine rings is 1. The molecule has 0 aromatic carbocycles. The van der Waals surface area contributed by atoms with Crippen molar-refractivity contribution < 1.29 is 4.79 Å². The molecule has 164 valence electrons. The van der Waals surface area contributed by atoms with Crippen LogP contribution < -0.4 is 5.32 Å². The molecule has 1 unspecified atom stereocenters. The molecule has 2 aliphatic rings. The topological polar surface area (TPSA) is 81.9 Å². The van der Waals surface area contributed by atoms with E-state index >= 15 is 0 Å². The number of carbonyl (C=O) groups is 1. The second kappa shape index (κ2) is 11.1. The number of halogens is 1. The molecule has 2 fully saturated rings. The molecule has 9 nitrogen and oxygen atoms in total. The number of carbonyl (C=O) groups excluding carboxylic acids is 1. The van der Waals surface area contributed by atoms with Gasteiger partial charge in [0.1, 0.15) is 12.4 Å². The van der Waals surface area contributed by atoms with Gasteiger partial charge in [0.15, 0.2) is 11.8 Å². The Morgan fingerprint density at radius 1 is 1.17 bits per heavy atom. The van der Waals surface area contributed by atoms with E-state index < -0.39 is 0 Å². The van der Waals surface area contributed by atoms with Gasteiger partial charge in [0.25, 0.3) is 0 Å². The summed E-state index contributed by atoms with van der Waals surface area (Å²) >= 11 is 0. The highest BCUT2D eigenvalue weighted by Crippen LogP contribution is 2.16. The Hall–Kier alpha value is -1.43. The first-order chi connectivity index (χ1) is 13.5. The first-order valence-corrected chi connectivity index (χ1v) is 10.4. The molecule has 29 heavy (non-hydrogen) atoms. The molecule has 2 aliphatic heterocycles. The summed E-state index contributed by atoms with van der Waals surface area (Å²) in [6.45, 7) is 12.6. The summed E-state index contributed by atoms with van der Waals surface area (Å²) in [5, 5.41) is 12.0. The van der Waals surface area contributed by atoms with Gasteiger partial charge in [-0.3, -0.25) is 9.69 Å². The predicted octanol–water partition coefficient (Wildman–Crippen LogP) is 0.836. The van der Waals surface area contributed by atoms with Crippen LogP contribution in [-0.2, 0) is 18.4 Å². The van der Waals surface area contributed by atoms with Crippen LogP contribution in [0.25, 0.3) is 0 Å². The van der Waals surface area contributed by atoms with Crippen LogP contribution in [0.4, 0.5) is 0 Å². The smallest absolute Gasteiger partial charge is 0.219 e. The largest absolute Gasteiger partial charge is 0.355 e. The summed E-state index contributed by atoms with van der Waals surface area (Å²) in [6.07, 6.45) is 2.50. The number of amides is 1. The second-order valence-electron chi connectivity index (χ2n) is 7.66. The number of hydrogen-bond donors (Lipinski definition) is 1. The van der Waals surface area contributed by atoms with E-state index in [1.54, 1.807) is 6.92 Å². The Kier molecular flexibility index (Phi) is 9.12. The van der Waals surface area contributed by atoms with Crippen molar-refractivity contribution in [3.05, 3.63) is 11.6 Å². The molecule has 1 atom stereocenters. The molecule has 1 amide bonds. The third-order valence-electron chi connectivity index (χ3n) is 5.98. The average Bonchev–Trinajstić information content (AvgIpc) is 3.29. The maximum absolute atomic E-state index is 11.6. The molecule has 10 heteroatoms. The van der Waals surface area contributed by atoms with Gasteiger partial charge in [0.2, 0.25) is 5.91 Å². The third-order valence-corrected chi connectivity index (χ3v) is 5.98. The third kappa shape index (κ3) is 6.03. The molecule has 0 radical (unpaired) electrons. The Bertz CT molecular complexity index is 698. The molecular formula is C19H35IN8O. The van der Waals surface area contributed by atoms with Crippen molar-refractivity contribution in [3.8, 4) is 0 Å². The van der Waals surface area contributed by atoms with Gasteiger partial charge in [-0.2, -0.15) is 0 Å². The maximum Gasteiger partial charge on any atom is 0.219 e. The van der Waals surface area contributed by atoms with Gasteiger partial charge in [0, 0.05) is 52.7 Å². The van der Waals surface area contributed by atoms with E-state index in [1.165, 1.54) is 19.4 Å². The van der Waals surface area contributed by atoms with Crippen molar-refractivity contribution in [2.75, 3.05) is 45.8 Å². The molecule has 0 aliphatic carbocycles. The summed E-state index contributed by atoms with van der Waals surface area (Å²) in [4.78, 5) is 23.2. The van der Waals surface area contributed by atoms with Crippen LogP contribution in [0.5, 0.6) is 0 Å². The number of aromatic nitrogens is 3. The van der Waals surface area contributed by atoms with Gasteiger partial charge in [-0.25, -0.2) is 4.99 Å². The lowest BCUT2D eigenvalue weighted by molar-refractivity contribution is -0.130. The van der Waals surface area contributed by atoms with Crippen molar-refractivity contribution >= 4 is 35.8 Å². The van der Waals surface area contributed by atoms with E-state index in [1.807, 2.05) is 23.4 Å². The zero-order chi connectivity index (χ0) is 20.1. The zero-order valence-corrected chi connectivity index (χ0v) is 20.4. The molecular weight excluding hydrogens is 483 g/mol. The van der Waals surface area contributed by atoms with E-state index in [4.69, 9.17) is 4.99 Å². The molecule has 3 heterocycles. The SMILES string of the molecule is CCN1CCCC1CNC(=NCc1nnc(C)n1C)N1CCN(C(C)=O)CC1.I. The summed E-state index contributed by atoms with van der Waals surface area (Å²) in [6, 6.07) is 0.561. The highest BCUT2D eigenvalue weighted by molar-refractivity contribution is 14.0. The minimum Gasteiger partial charge on any atom is -0.355 e. The van der Waals surface area contributed by atoms with Gasteiger partial charge in [0.05, 0.1) is 0 Å². The lowest BCUT2D eigenvalue weighted by atomic mass is 10.2. The number of guanidine groups is 1. The Labute approximate surface area is 190 Å². The van der Waals surface area contributed by atoms with Crippen molar-refractivity contribution in [2.45, 2.75) is 46.2 Å². The van der Waals surface area contributed by atoms with Crippen molar-refractivity contribution in [1.82, 2.24) is 34.8 Å². The Balaban J connectivity index is 0.00000300. The van der Waals surface area contributed by atoms with E-state index in [-0.39, 0.29) is 29.9 Å². The van der Waals surface area contributed by atoms with Crippen LogP contribution in [0.1, 0.15) is 38.3 Å². The maximum atomic E-state index is 11.6. The van der Waals surface area contributed by atoms with Crippen molar-refractivity contribution in [2.24, 2.45) is 12.0 Å². The van der Waals surface area contributed by atoms with Crippen LogP contribution >= 0.6 is 24.0 Å². The number of aliphatic imine (C=N–C) groups is 1. The quantitative estimate of drug-likeness (QED) is 0.354. The van der Waals surface area contributed by atoms with Gasteiger partial charge < -0.3 is 19.7 Å². The van der Waals surface area contributed by atoms with Gasteiger partial charge in [-0.15, -0.1) is 34.2 Å². The number of hydrogen-bond acceptors (Lipinski definition) is 5. The first kappa shape index (κ1) is 23.8. The summed E-state index contributed by atoms with van der Waals surface area (Å²) in [5.74, 6) is 2.80. The van der Waals surface area contributed by atoms with Gasteiger partial charge in [-0.1, -0.05) is 6.92 Å². The fraction of sp³-hybridized carbons (Fsp3) is 0.789. The zero-order valence-electron chi connectivity index (χ0n) is 18.1. The van der Waals surface area contributed by atoms with Crippen LogP contribution in [0.15, 0.2) is 4.99 Å². The molecule has 0 saturated carbocycles. The van der Waals surface area contributed by atoms with E-state index in [2.05, 4.69) is 32.2 Å². The van der Waals surface area contributed by atoms with Gasteiger partial charge >= 0.3 is 0 Å². The number of nitrogens with zero attached hydrogens (tertiary/aromatic N) is 7. The standard InChI is InChI=1S/C19H34N8O.HI/c1-5-25-8-6-7-17(25)13-20-19(21-14-18-23-22-15(2)24(18)4)27-11-9-26(10-12-27)16(3)28;/h17H,5-14H2,1-4H3,(H,20,21);1H. The lowest BCUT2D eigenvalue weighted by Gasteiger charge is -2.36. The average molecular weight is 518 g/mol. The number of likely N-dealkylation sites (N-methyl/N-ethyl adjacent to an activating group) is 1. The minimum absolute atomic E-state index is 0. The number of likely N-dealkylation sites (tertiary alicyclic amines) is 1.